The monoisotopic (exact) mass is 268 g/mol. The van der Waals surface area contributed by atoms with Crippen molar-refractivity contribution in [2.24, 2.45) is 0 Å². The zero-order valence-corrected chi connectivity index (χ0v) is 9.85. The van der Waals surface area contributed by atoms with E-state index in [2.05, 4.69) is 28.1 Å². The van der Waals surface area contributed by atoms with E-state index < -0.39 is 0 Å². The van der Waals surface area contributed by atoms with Gasteiger partial charge in [0.25, 0.3) is 0 Å². The predicted octanol–water partition coefficient (Wildman–Crippen LogP) is 4.09. The highest BCUT2D eigenvalue weighted by Gasteiger charge is 1.95. The van der Waals surface area contributed by atoms with Crippen LogP contribution in [0.15, 0.2) is 46.3 Å². The van der Waals surface area contributed by atoms with E-state index in [1.165, 1.54) is 5.56 Å². The molecule has 0 aliphatic carbocycles. The van der Waals surface area contributed by atoms with Crippen molar-refractivity contribution < 1.29 is 4.74 Å². The number of halogens is 1. The van der Waals surface area contributed by atoms with Crippen LogP contribution in [0.1, 0.15) is 5.56 Å². The summed E-state index contributed by atoms with van der Waals surface area (Å²) in [5, 5.41) is 2.98. The Bertz CT molecular complexity index is 380. The molecule has 1 nitrogen and oxygen atoms in total. The highest BCUT2D eigenvalue weighted by Crippen LogP contribution is 2.20. The molecule has 0 saturated heterocycles. The minimum absolute atomic E-state index is 0.633. The van der Waals surface area contributed by atoms with E-state index >= 15 is 0 Å². The lowest BCUT2D eigenvalue weighted by atomic mass is 10.2. The summed E-state index contributed by atoms with van der Waals surface area (Å²) >= 11 is 5.01. The van der Waals surface area contributed by atoms with Crippen LogP contribution in [0.5, 0.6) is 5.06 Å². The first kappa shape index (κ1) is 9.74. The van der Waals surface area contributed by atoms with Crippen LogP contribution in [0.2, 0.25) is 0 Å². The number of hydrogen-bond donors (Lipinski definition) is 0. The molecule has 1 aromatic heterocycles. The second-order valence-corrected chi connectivity index (χ2v) is 4.67. The Kier molecular flexibility index (Phi) is 3.22. The number of benzene rings is 1. The van der Waals surface area contributed by atoms with Crippen LogP contribution in [0, 0.1) is 0 Å². The summed E-state index contributed by atoms with van der Waals surface area (Å²) in [5.41, 5.74) is 1.18. The molecule has 0 fully saturated rings. The predicted molar refractivity (Wildman–Crippen MR) is 62.8 cm³/mol. The molecule has 0 N–H and O–H groups in total. The van der Waals surface area contributed by atoms with Crippen molar-refractivity contribution >= 4 is 27.3 Å². The summed E-state index contributed by atoms with van der Waals surface area (Å²) in [6.07, 6.45) is 0. The number of thiophene rings is 1. The second kappa shape index (κ2) is 4.62. The molecule has 2 rings (SSSR count). The van der Waals surface area contributed by atoms with Crippen molar-refractivity contribution in [1.29, 1.82) is 0 Å². The third-order valence-electron chi connectivity index (χ3n) is 1.79. The maximum absolute atomic E-state index is 5.58. The standard InChI is InChI=1S/C11H9BrOS/c12-10-5-3-9(4-6-10)8-13-11-2-1-7-14-11/h1-7H,8H2. The van der Waals surface area contributed by atoms with Crippen LogP contribution in [-0.4, -0.2) is 0 Å². The Balaban J connectivity index is 1.95. The lowest BCUT2D eigenvalue weighted by molar-refractivity contribution is 0.315. The third-order valence-corrected chi connectivity index (χ3v) is 3.10. The van der Waals surface area contributed by atoms with Gasteiger partial charge >= 0.3 is 0 Å². The molecule has 1 heterocycles. The van der Waals surface area contributed by atoms with Crippen molar-refractivity contribution in [1.82, 2.24) is 0 Å². The van der Waals surface area contributed by atoms with Gasteiger partial charge in [-0.25, -0.2) is 0 Å². The largest absolute Gasteiger partial charge is 0.479 e. The van der Waals surface area contributed by atoms with Crippen LogP contribution in [-0.2, 0) is 6.61 Å². The van der Waals surface area contributed by atoms with Crippen molar-refractivity contribution in [2.75, 3.05) is 0 Å². The van der Waals surface area contributed by atoms with Gasteiger partial charge in [0.15, 0.2) is 5.06 Å². The molecule has 0 spiro atoms. The molecular weight excluding hydrogens is 260 g/mol. The minimum Gasteiger partial charge on any atom is -0.479 e. The van der Waals surface area contributed by atoms with E-state index in [0.29, 0.717) is 6.61 Å². The van der Waals surface area contributed by atoms with Gasteiger partial charge in [0.05, 0.1) is 0 Å². The Morgan fingerprint density at radius 2 is 1.93 bits per heavy atom. The van der Waals surface area contributed by atoms with E-state index in [4.69, 9.17) is 4.74 Å². The molecule has 1 aromatic carbocycles. The summed E-state index contributed by atoms with van der Waals surface area (Å²) in [6, 6.07) is 12.1. The molecule has 0 radical (unpaired) electrons. The molecule has 0 saturated carbocycles. The van der Waals surface area contributed by atoms with Crippen LogP contribution in [0.25, 0.3) is 0 Å². The Morgan fingerprint density at radius 1 is 1.14 bits per heavy atom. The average molecular weight is 269 g/mol. The first-order valence-corrected chi connectivity index (χ1v) is 5.92. The first-order chi connectivity index (χ1) is 6.84. The molecule has 0 atom stereocenters. The van der Waals surface area contributed by atoms with E-state index in [1.54, 1.807) is 11.3 Å². The first-order valence-electron chi connectivity index (χ1n) is 4.25. The highest BCUT2D eigenvalue weighted by atomic mass is 79.9. The smallest absolute Gasteiger partial charge is 0.174 e. The highest BCUT2D eigenvalue weighted by molar-refractivity contribution is 9.10. The number of ether oxygens (including phenoxy) is 1. The molecule has 2 aromatic rings. The number of rotatable bonds is 3. The average Bonchev–Trinajstić information content (AvgIpc) is 2.70. The summed E-state index contributed by atoms with van der Waals surface area (Å²) in [5.74, 6) is 0. The molecule has 0 bridgehead atoms. The van der Waals surface area contributed by atoms with Gasteiger partial charge in [-0.3, -0.25) is 0 Å². The summed E-state index contributed by atoms with van der Waals surface area (Å²) in [6.45, 7) is 0.633. The fraction of sp³-hybridized carbons (Fsp3) is 0.0909. The van der Waals surface area contributed by atoms with Crippen molar-refractivity contribution in [3.05, 3.63) is 51.8 Å². The van der Waals surface area contributed by atoms with E-state index in [1.807, 2.05) is 29.6 Å². The molecule has 0 aliphatic rings. The van der Waals surface area contributed by atoms with Gasteiger partial charge in [0, 0.05) is 4.47 Å². The van der Waals surface area contributed by atoms with E-state index in [9.17, 15) is 0 Å². The second-order valence-electron chi connectivity index (χ2n) is 2.85. The maximum atomic E-state index is 5.58. The fourth-order valence-electron chi connectivity index (χ4n) is 1.08. The molecule has 14 heavy (non-hydrogen) atoms. The number of hydrogen-bond acceptors (Lipinski definition) is 2. The topological polar surface area (TPSA) is 9.23 Å². The SMILES string of the molecule is Brc1ccc(COc2cccs2)cc1. The Hall–Kier alpha value is -0.800. The zero-order chi connectivity index (χ0) is 9.80. The summed E-state index contributed by atoms with van der Waals surface area (Å²) in [4.78, 5) is 0. The molecule has 0 unspecified atom stereocenters. The van der Waals surface area contributed by atoms with Gasteiger partial charge in [0.1, 0.15) is 6.61 Å². The van der Waals surface area contributed by atoms with Crippen molar-refractivity contribution in [3.8, 4) is 5.06 Å². The summed E-state index contributed by atoms with van der Waals surface area (Å²) in [7, 11) is 0. The molecule has 0 amide bonds. The Morgan fingerprint density at radius 3 is 2.57 bits per heavy atom. The lowest BCUT2D eigenvalue weighted by Gasteiger charge is -2.02. The van der Waals surface area contributed by atoms with E-state index in [0.717, 1.165) is 9.54 Å². The normalized spacial score (nSPS) is 10.1. The van der Waals surface area contributed by atoms with Gasteiger partial charge in [-0.15, -0.1) is 11.3 Å². The Labute approximate surface area is 95.5 Å². The van der Waals surface area contributed by atoms with Crippen LogP contribution >= 0.6 is 27.3 Å². The minimum atomic E-state index is 0.633. The van der Waals surface area contributed by atoms with Gasteiger partial charge in [0.2, 0.25) is 0 Å². The molecule has 0 aliphatic heterocycles. The molecular formula is C11H9BrOS. The van der Waals surface area contributed by atoms with Gasteiger partial charge < -0.3 is 4.74 Å². The van der Waals surface area contributed by atoms with Crippen LogP contribution in [0.4, 0.5) is 0 Å². The van der Waals surface area contributed by atoms with Crippen molar-refractivity contribution in [2.45, 2.75) is 6.61 Å². The molecule has 72 valence electrons. The quantitative estimate of drug-likeness (QED) is 0.815. The summed E-state index contributed by atoms with van der Waals surface area (Å²) < 4.78 is 6.67. The van der Waals surface area contributed by atoms with Crippen LogP contribution < -0.4 is 4.74 Å². The van der Waals surface area contributed by atoms with E-state index in [-0.39, 0.29) is 0 Å². The third kappa shape index (κ3) is 2.59. The van der Waals surface area contributed by atoms with Gasteiger partial charge in [-0.1, -0.05) is 28.1 Å². The fourth-order valence-corrected chi connectivity index (χ4v) is 1.92. The lowest BCUT2D eigenvalue weighted by Crippen LogP contribution is -1.92. The van der Waals surface area contributed by atoms with Crippen molar-refractivity contribution in [3.63, 3.8) is 0 Å². The zero-order valence-electron chi connectivity index (χ0n) is 7.44. The van der Waals surface area contributed by atoms with Gasteiger partial charge in [-0.2, -0.15) is 0 Å². The van der Waals surface area contributed by atoms with Gasteiger partial charge in [-0.05, 0) is 35.2 Å². The van der Waals surface area contributed by atoms with Crippen LogP contribution in [0.3, 0.4) is 0 Å². The molecule has 3 heteroatoms. The maximum Gasteiger partial charge on any atom is 0.174 e.